The first-order chi connectivity index (χ1) is 15.2. The van der Waals surface area contributed by atoms with Crippen molar-refractivity contribution in [3.8, 4) is 17.2 Å². The molecule has 0 bridgehead atoms. The molecular formula is C26H27NO4. The molecule has 5 nitrogen and oxygen atoms in total. The van der Waals surface area contributed by atoms with Gasteiger partial charge < -0.3 is 13.9 Å². The van der Waals surface area contributed by atoms with Crippen molar-refractivity contribution in [1.82, 2.24) is 4.98 Å². The number of hydrogen-bond donors (Lipinski definition) is 0. The average molecular weight is 418 g/mol. The van der Waals surface area contributed by atoms with Crippen LogP contribution in [0.4, 0.5) is 0 Å². The lowest BCUT2D eigenvalue weighted by molar-refractivity contribution is -0.140. The van der Waals surface area contributed by atoms with Gasteiger partial charge >= 0.3 is 5.97 Å². The smallest absolute Gasteiger partial charge is 0.305 e. The van der Waals surface area contributed by atoms with Crippen LogP contribution in [0.5, 0.6) is 5.75 Å². The second-order valence-electron chi connectivity index (χ2n) is 7.61. The van der Waals surface area contributed by atoms with Crippen LogP contribution in [-0.2, 0) is 22.4 Å². The minimum atomic E-state index is -0.182. The number of benzene rings is 2. The predicted molar refractivity (Wildman–Crippen MR) is 120 cm³/mol. The molecule has 0 atom stereocenters. The number of ether oxygens (including phenoxy) is 2. The SMILES string of the molecule is COC(=O)CCC1=CCCc2c(OCCc3nc(-c4ccccc4)oc3C)cccc21. The van der Waals surface area contributed by atoms with E-state index in [0.29, 0.717) is 31.8 Å². The average Bonchev–Trinajstić information content (AvgIpc) is 3.18. The van der Waals surface area contributed by atoms with E-state index in [1.54, 1.807) is 0 Å². The zero-order chi connectivity index (χ0) is 21.6. The maximum Gasteiger partial charge on any atom is 0.305 e. The van der Waals surface area contributed by atoms with Crippen LogP contribution >= 0.6 is 0 Å². The van der Waals surface area contributed by atoms with Gasteiger partial charge in [-0.2, -0.15) is 0 Å². The van der Waals surface area contributed by atoms with Gasteiger partial charge in [0.1, 0.15) is 11.5 Å². The third kappa shape index (κ3) is 4.88. The molecule has 31 heavy (non-hydrogen) atoms. The molecule has 1 heterocycles. The largest absolute Gasteiger partial charge is 0.493 e. The maximum atomic E-state index is 11.5. The van der Waals surface area contributed by atoms with Crippen molar-refractivity contribution in [3.63, 3.8) is 0 Å². The molecule has 0 saturated heterocycles. The summed E-state index contributed by atoms with van der Waals surface area (Å²) in [7, 11) is 1.43. The Morgan fingerprint density at radius 3 is 2.74 bits per heavy atom. The highest BCUT2D eigenvalue weighted by molar-refractivity contribution is 5.77. The van der Waals surface area contributed by atoms with Crippen molar-refractivity contribution in [2.45, 2.75) is 39.0 Å². The summed E-state index contributed by atoms with van der Waals surface area (Å²) in [5.74, 6) is 2.19. The van der Waals surface area contributed by atoms with Gasteiger partial charge in [0.2, 0.25) is 5.89 Å². The Morgan fingerprint density at radius 1 is 1.10 bits per heavy atom. The lowest BCUT2D eigenvalue weighted by Gasteiger charge is -2.21. The minimum absolute atomic E-state index is 0.182. The number of methoxy groups -OCH3 is 1. The Bertz CT molecular complexity index is 1080. The number of carbonyl (C=O) groups excluding carboxylic acids is 1. The molecule has 0 amide bonds. The molecule has 3 aromatic rings. The monoisotopic (exact) mass is 417 g/mol. The predicted octanol–water partition coefficient (Wildman–Crippen LogP) is 5.55. The fourth-order valence-corrected chi connectivity index (χ4v) is 3.96. The molecule has 1 aliphatic rings. The summed E-state index contributed by atoms with van der Waals surface area (Å²) in [6.07, 6.45) is 5.86. The van der Waals surface area contributed by atoms with E-state index in [1.165, 1.54) is 23.8 Å². The molecule has 2 aromatic carbocycles. The van der Waals surface area contributed by atoms with Crippen molar-refractivity contribution in [3.05, 3.63) is 77.2 Å². The first-order valence-corrected chi connectivity index (χ1v) is 10.7. The van der Waals surface area contributed by atoms with Crippen LogP contribution in [0, 0.1) is 6.92 Å². The molecule has 0 saturated carbocycles. The van der Waals surface area contributed by atoms with Crippen molar-refractivity contribution in [2.75, 3.05) is 13.7 Å². The van der Waals surface area contributed by atoms with E-state index in [2.05, 4.69) is 17.1 Å². The van der Waals surface area contributed by atoms with E-state index in [0.717, 1.165) is 35.6 Å². The molecule has 4 rings (SSSR count). The Kier molecular flexibility index (Phi) is 6.51. The number of hydrogen-bond acceptors (Lipinski definition) is 5. The molecule has 0 aliphatic heterocycles. The summed E-state index contributed by atoms with van der Waals surface area (Å²) in [5, 5.41) is 0. The van der Waals surface area contributed by atoms with Crippen LogP contribution in [0.25, 0.3) is 17.0 Å². The zero-order valence-electron chi connectivity index (χ0n) is 18.0. The summed E-state index contributed by atoms with van der Waals surface area (Å²) in [4.78, 5) is 16.2. The van der Waals surface area contributed by atoms with E-state index >= 15 is 0 Å². The van der Waals surface area contributed by atoms with E-state index in [9.17, 15) is 4.79 Å². The van der Waals surface area contributed by atoms with E-state index in [4.69, 9.17) is 13.9 Å². The fraction of sp³-hybridized carbons (Fsp3) is 0.308. The van der Waals surface area contributed by atoms with Gasteiger partial charge in [0, 0.05) is 24.0 Å². The third-order valence-corrected chi connectivity index (χ3v) is 5.60. The molecule has 5 heteroatoms. The van der Waals surface area contributed by atoms with Crippen LogP contribution in [0.2, 0.25) is 0 Å². The molecule has 0 radical (unpaired) electrons. The number of carbonyl (C=O) groups is 1. The van der Waals surface area contributed by atoms with Gasteiger partial charge in [0.25, 0.3) is 0 Å². The lowest BCUT2D eigenvalue weighted by atomic mass is 9.88. The molecule has 0 unspecified atom stereocenters. The maximum absolute atomic E-state index is 11.5. The normalized spacial score (nSPS) is 12.8. The number of oxazole rings is 1. The summed E-state index contributed by atoms with van der Waals surface area (Å²) in [6, 6.07) is 16.1. The van der Waals surface area contributed by atoms with E-state index in [1.807, 2.05) is 49.4 Å². The number of nitrogens with zero attached hydrogens (tertiary/aromatic N) is 1. The topological polar surface area (TPSA) is 61.6 Å². The third-order valence-electron chi connectivity index (χ3n) is 5.60. The van der Waals surface area contributed by atoms with Crippen LogP contribution in [-0.4, -0.2) is 24.7 Å². The standard InChI is InChI=1S/C26H27NO4/c1-18-23(27-26(31-18)20-8-4-3-5-9-20)16-17-30-24-13-7-11-21-19(10-6-12-22(21)24)14-15-25(28)29-2/h3-5,7-11,13H,6,12,14-17H2,1-2H3. The summed E-state index contributed by atoms with van der Waals surface area (Å²) < 4.78 is 16.8. The highest BCUT2D eigenvalue weighted by atomic mass is 16.5. The molecular weight excluding hydrogens is 390 g/mol. The van der Waals surface area contributed by atoms with Crippen molar-refractivity contribution >= 4 is 11.5 Å². The Morgan fingerprint density at radius 2 is 1.94 bits per heavy atom. The lowest BCUT2D eigenvalue weighted by Crippen LogP contribution is -2.08. The first-order valence-electron chi connectivity index (χ1n) is 10.7. The molecule has 0 fully saturated rings. The number of fused-ring (bicyclic) bond motifs is 1. The van der Waals surface area contributed by atoms with E-state index in [-0.39, 0.29) is 5.97 Å². The molecule has 1 aliphatic carbocycles. The Labute approximate surface area is 182 Å². The second-order valence-corrected chi connectivity index (χ2v) is 7.61. The zero-order valence-corrected chi connectivity index (χ0v) is 18.0. The molecule has 160 valence electrons. The Hall–Kier alpha value is -3.34. The highest BCUT2D eigenvalue weighted by Crippen LogP contribution is 2.35. The first kappa shape index (κ1) is 20.9. The van der Waals surface area contributed by atoms with Crippen LogP contribution in [0.15, 0.2) is 59.0 Å². The van der Waals surface area contributed by atoms with Crippen LogP contribution < -0.4 is 4.74 Å². The number of allylic oxidation sites excluding steroid dienone is 2. The number of esters is 1. The van der Waals surface area contributed by atoms with E-state index < -0.39 is 0 Å². The number of rotatable bonds is 8. The van der Waals surface area contributed by atoms with Gasteiger partial charge in [-0.3, -0.25) is 4.79 Å². The molecule has 0 spiro atoms. The summed E-state index contributed by atoms with van der Waals surface area (Å²) in [5.41, 5.74) is 5.48. The van der Waals surface area contributed by atoms with Gasteiger partial charge in [-0.05, 0) is 55.5 Å². The van der Waals surface area contributed by atoms with Gasteiger partial charge in [-0.15, -0.1) is 0 Å². The second kappa shape index (κ2) is 9.65. The highest BCUT2D eigenvalue weighted by Gasteiger charge is 2.18. The van der Waals surface area contributed by atoms with Gasteiger partial charge in [-0.1, -0.05) is 36.4 Å². The summed E-state index contributed by atoms with van der Waals surface area (Å²) in [6.45, 7) is 2.47. The number of aryl methyl sites for hydroxylation is 1. The van der Waals surface area contributed by atoms with Gasteiger partial charge in [0.15, 0.2) is 0 Å². The number of aromatic nitrogens is 1. The summed E-state index contributed by atoms with van der Waals surface area (Å²) >= 11 is 0. The molecule has 0 N–H and O–H groups in total. The quantitative estimate of drug-likeness (QED) is 0.450. The Balaban J connectivity index is 1.42. The van der Waals surface area contributed by atoms with Gasteiger partial charge in [0.05, 0.1) is 19.4 Å². The van der Waals surface area contributed by atoms with Crippen molar-refractivity contribution < 1.29 is 18.7 Å². The molecule has 1 aromatic heterocycles. The van der Waals surface area contributed by atoms with Crippen molar-refractivity contribution in [2.24, 2.45) is 0 Å². The minimum Gasteiger partial charge on any atom is -0.493 e. The van der Waals surface area contributed by atoms with Gasteiger partial charge in [-0.25, -0.2) is 4.98 Å². The van der Waals surface area contributed by atoms with Crippen LogP contribution in [0.1, 0.15) is 41.8 Å². The van der Waals surface area contributed by atoms with Crippen LogP contribution in [0.3, 0.4) is 0 Å². The van der Waals surface area contributed by atoms with Crippen molar-refractivity contribution in [1.29, 1.82) is 0 Å². The fourth-order valence-electron chi connectivity index (χ4n) is 3.96.